The van der Waals surface area contributed by atoms with Crippen LogP contribution in [0.3, 0.4) is 0 Å². The highest BCUT2D eigenvalue weighted by molar-refractivity contribution is 5.89. The Bertz CT molecular complexity index is 1060. The second-order valence-electron chi connectivity index (χ2n) is 5.72. The van der Waals surface area contributed by atoms with Gasteiger partial charge < -0.3 is 0 Å². The van der Waals surface area contributed by atoms with E-state index in [-0.39, 0.29) is 29.7 Å². The maximum atomic E-state index is 12.3. The van der Waals surface area contributed by atoms with Crippen molar-refractivity contribution in [3.05, 3.63) is 57.0 Å². The van der Waals surface area contributed by atoms with Crippen molar-refractivity contribution < 1.29 is 4.79 Å². The molecule has 0 aliphatic rings. The molecule has 2 aromatic heterocycles. The van der Waals surface area contributed by atoms with Crippen molar-refractivity contribution in [2.24, 2.45) is 0 Å². The molecule has 0 radical (unpaired) electrons. The zero-order valence-corrected chi connectivity index (χ0v) is 14.1. The predicted octanol–water partition coefficient (Wildman–Crippen LogP) is 1.46. The van der Waals surface area contributed by atoms with E-state index in [0.717, 1.165) is 5.56 Å². The minimum absolute atomic E-state index is 0.217. The van der Waals surface area contributed by atoms with Crippen molar-refractivity contribution in [3.63, 3.8) is 0 Å². The molecule has 0 unspecified atom stereocenters. The first kappa shape index (κ1) is 16.4. The highest BCUT2D eigenvalue weighted by Crippen LogP contribution is 2.14. The minimum Gasteiger partial charge on any atom is -0.277 e. The van der Waals surface area contributed by atoms with E-state index in [1.165, 1.54) is 16.3 Å². The van der Waals surface area contributed by atoms with Gasteiger partial charge in [-0.25, -0.2) is 4.98 Å². The third-order valence-corrected chi connectivity index (χ3v) is 4.01. The summed E-state index contributed by atoms with van der Waals surface area (Å²) in [5.41, 5.74) is 2.26. The number of aromatic nitrogens is 4. The van der Waals surface area contributed by atoms with Gasteiger partial charge in [0.15, 0.2) is 0 Å². The Morgan fingerprint density at radius 2 is 1.96 bits per heavy atom. The SMILES string of the molecule is CC(=O)N(Cc1ccc(C#N)cc1)c1nc2nc(C)c(C)c(=O)n2[nH]1. The fraction of sp³-hybridized carbons (Fsp3) is 0.235. The number of aromatic amines is 1. The quantitative estimate of drug-likeness (QED) is 0.779. The van der Waals surface area contributed by atoms with Crippen LogP contribution >= 0.6 is 0 Å². The summed E-state index contributed by atoms with van der Waals surface area (Å²) in [6.45, 7) is 5.11. The van der Waals surface area contributed by atoms with Crippen molar-refractivity contribution >= 4 is 17.6 Å². The van der Waals surface area contributed by atoms with Crippen LogP contribution < -0.4 is 10.5 Å². The van der Waals surface area contributed by atoms with Gasteiger partial charge in [0.05, 0.1) is 18.2 Å². The summed E-state index contributed by atoms with van der Waals surface area (Å²) in [5.74, 6) is 0.227. The lowest BCUT2D eigenvalue weighted by atomic mass is 10.1. The highest BCUT2D eigenvalue weighted by atomic mass is 16.2. The second kappa shape index (κ2) is 6.20. The van der Waals surface area contributed by atoms with E-state index in [4.69, 9.17) is 5.26 Å². The standard InChI is InChI=1S/C17H16N6O2/c1-10-11(2)19-16-20-17(21-23(16)15(10)25)22(12(3)24)9-14-6-4-13(8-18)5-7-14/h4-7H,9H2,1-3H3,(H,19,20,21). The Morgan fingerprint density at radius 1 is 1.28 bits per heavy atom. The summed E-state index contributed by atoms with van der Waals surface area (Å²) in [6, 6.07) is 8.97. The van der Waals surface area contributed by atoms with Gasteiger partial charge in [0, 0.05) is 18.2 Å². The molecule has 8 nitrogen and oxygen atoms in total. The number of H-pyrrole nitrogens is 1. The predicted molar refractivity (Wildman–Crippen MR) is 91.1 cm³/mol. The molecule has 0 bridgehead atoms. The third-order valence-electron chi connectivity index (χ3n) is 4.01. The Labute approximate surface area is 143 Å². The molecule has 0 fully saturated rings. The van der Waals surface area contributed by atoms with Crippen LogP contribution in [0.2, 0.25) is 0 Å². The maximum absolute atomic E-state index is 12.3. The van der Waals surface area contributed by atoms with Crippen LogP contribution in [0, 0.1) is 25.2 Å². The monoisotopic (exact) mass is 336 g/mol. The van der Waals surface area contributed by atoms with Crippen molar-refractivity contribution in [1.82, 2.24) is 19.6 Å². The number of rotatable bonds is 3. The van der Waals surface area contributed by atoms with E-state index >= 15 is 0 Å². The van der Waals surface area contributed by atoms with Crippen LogP contribution in [0.5, 0.6) is 0 Å². The molecule has 126 valence electrons. The van der Waals surface area contributed by atoms with Crippen LogP contribution in [0.1, 0.15) is 29.3 Å². The number of hydrogen-bond acceptors (Lipinski definition) is 5. The molecule has 0 aliphatic carbocycles. The first-order chi connectivity index (χ1) is 11.9. The van der Waals surface area contributed by atoms with E-state index in [1.54, 1.807) is 38.1 Å². The van der Waals surface area contributed by atoms with Gasteiger partial charge in [-0.15, -0.1) is 0 Å². The summed E-state index contributed by atoms with van der Waals surface area (Å²) < 4.78 is 1.23. The number of carbonyl (C=O) groups is 1. The number of nitrogens with zero attached hydrogens (tertiary/aromatic N) is 5. The Hall–Kier alpha value is -3.47. The number of benzene rings is 1. The molecule has 1 aromatic carbocycles. The van der Waals surface area contributed by atoms with Gasteiger partial charge in [-0.05, 0) is 31.5 Å². The van der Waals surface area contributed by atoms with Crippen molar-refractivity contribution in [1.29, 1.82) is 5.26 Å². The molecule has 0 aliphatic heterocycles. The number of fused-ring (bicyclic) bond motifs is 1. The number of amides is 1. The van der Waals surface area contributed by atoms with Gasteiger partial charge in [0.25, 0.3) is 11.3 Å². The molecule has 3 aromatic rings. The number of aryl methyl sites for hydroxylation is 1. The van der Waals surface area contributed by atoms with E-state index < -0.39 is 0 Å². The topological polar surface area (TPSA) is 107 Å². The molecule has 1 N–H and O–H groups in total. The van der Waals surface area contributed by atoms with Crippen LogP contribution in [0.15, 0.2) is 29.1 Å². The van der Waals surface area contributed by atoms with Gasteiger partial charge in [0.1, 0.15) is 0 Å². The van der Waals surface area contributed by atoms with Gasteiger partial charge in [-0.3, -0.25) is 19.6 Å². The molecule has 0 spiro atoms. The molecule has 0 saturated carbocycles. The molecule has 2 heterocycles. The smallest absolute Gasteiger partial charge is 0.277 e. The number of carbonyl (C=O) groups excluding carboxylic acids is 1. The average Bonchev–Trinajstić information content (AvgIpc) is 3.01. The van der Waals surface area contributed by atoms with E-state index in [2.05, 4.69) is 21.1 Å². The largest absolute Gasteiger partial charge is 0.277 e. The Morgan fingerprint density at radius 3 is 2.56 bits per heavy atom. The summed E-state index contributed by atoms with van der Waals surface area (Å²) >= 11 is 0. The van der Waals surface area contributed by atoms with Crippen LogP contribution in [0.4, 0.5) is 5.95 Å². The molecule has 8 heteroatoms. The fourth-order valence-corrected chi connectivity index (χ4v) is 2.42. The molecular formula is C17H16N6O2. The number of anilines is 1. The average molecular weight is 336 g/mol. The lowest BCUT2D eigenvalue weighted by molar-refractivity contribution is -0.116. The van der Waals surface area contributed by atoms with Crippen molar-refractivity contribution in [2.45, 2.75) is 27.3 Å². The fourth-order valence-electron chi connectivity index (χ4n) is 2.42. The second-order valence-corrected chi connectivity index (χ2v) is 5.72. The third kappa shape index (κ3) is 2.99. The molecular weight excluding hydrogens is 320 g/mol. The van der Waals surface area contributed by atoms with Gasteiger partial charge in [-0.1, -0.05) is 12.1 Å². The van der Waals surface area contributed by atoms with Crippen LogP contribution in [-0.4, -0.2) is 25.5 Å². The van der Waals surface area contributed by atoms with Crippen LogP contribution in [-0.2, 0) is 11.3 Å². The molecule has 25 heavy (non-hydrogen) atoms. The van der Waals surface area contributed by atoms with E-state index in [1.807, 2.05) is 0 Å². The number of hydrogen-bond donors (Lipinski definition) is 1. The van der Waals surface area contributed by atoms with E-state index in [9.17, 15) is 9.59 Å². The first-order valence-electron chi connectivity index (χ1n) is 7.64. The maximum Gasteiger partial charge on any atom is 0.277 e. The summed E-state index contributed by atoms with van der Waals surface area (Å²) in [7, 11) is 0. The minimum atomic E-state index is -0.247. The van der Waals surface area contributed by atoms with Crippen molar-refractivity contribution in [2.75, 3.05) is 4.90 Å². The lowest BCUT2D eigenvalue weighted by Crippen LogP contribution is -2.29. The Balaban J connectivity index is 2.02. The van der Waals surface area contributed by atoms with Crippen LogP contribution in [0.25, 0.3) is 5.78 Å². The Kier molecular flexibility index (Phi) is 4.07. The molecule has 1 amide bonds. The molecule has 0 atom stereocenters. The normalized spacial score (nSPS) is 10.6. The zero-order valence-electron chi connectivity index (χ0n) is 14.1. The van der Waals surface area contributed by atoms with Gasteiger partial charge >= 0.3 is 0 Å². The van der Waals surface area contributed by atoms with Gasteiger partial charge in [0.2, 0.25) is 11.9 Å². The van der Waals surface area contributed by atoms with Gasteiger partial charge in [-0.2, -0.15) is 14.8 Å². The molecule has 3 rings (SSSR count). The number of nitriles is 1. The summed E-state index contributed by atoms with van der Waals surface area (Å²) in [4.78, 5) is 34.3. The zero-order chi connectivity index (χ0) is 18.1. The molecule has 0 saturated heterocycles. The van der Waals surface area contributed by atoms with E-state index in [0.29, 0.717) is 16.8 Å². The highest BCUT2D eigenvalue weighted by Gasteiger charge is 2.18. The summed E-state index contributed by atoms with van der Waals surface area (Å²) in [5, 5.41) is 11.7. The lowest BCUT2D eigenvalue weighted by Gasteiger charge is -2.17. The van der Waals surface area contributed by atoms with Crippen molar-refractivity contribution in [3.8, 4) is 6.07 Å². The first-order valence-corrected chi connectivity index (χ1v) is 7.64. The number of nitrogens with one attached hydrogen (secondary N) is 1. The summed E-state index contributed by atoms with van der Waals surface area (Å²) in [6.07, 6.45) is 0.